The molecule has 7 nitrogen and oxygen atoms in total. The van der Waals surface area contributed by atoms with Crippen LogP contribution < -0.4 is 10.6 Å². The van der Waals surface area contributed by atoms with Crippen molar-refractivity contribution in [2.24, 2.45) is 0 Å². The molecule has 1 aliphatic rings. The maximum absolute atomic E-state index is 12.4. The lowest BCUT2D eigenvalue weighted by molar-refractivity contribution is -0.137. The highest BCUT2D eigenvalue weighted by molar-refractivity contribution is 5.75. The summed E-state index contributed by atoms with van der Waals surface area (Å²) in [6, 6.07) is 9.36. The number of hydrogen-bond acceptors (Lipinski definition) is 3. The van der Waals surface area contributed by atoms with Crippen LogP contribution in [0, 0.1) is 0 Å². The fourth-order valence-electron chi connectivity index (χ4n) is 3.37. The van der Waals surface area contributed by atoms with Gasteiger partial charge in [0.05, 0.1) is 6.20 Å². The Hall–Kier alpha value is -2.83. The van der Waals surface area contributed by atoms with Crippen LogP contribution in [0.2, 0.25) is 0 Å². The van der Waals surface area contributed by atoms with Crippen LogP contribution in [0.15, 0.2) is 36.5 Å². The number of aromatic nitrogens is 2. The molecule has 1 aromatic carbocycles. The molecule has 138 valence electrons. The topological polar surface area (TPSA) is 107 Å². The molecule has 0 saturated carbocycles. The van der Waals surface area contributed by atoms with Gasteiger partial charge in [-0.2, -0.15) is 5.10 Å². The van der Waals surface area contributed by atoms with Gasteiger partial charge in [-0.1, -0.05) is 30.3 Å². The van der Waals surface area contributed by atoms with E-state index in [9.17, 15) is 9.59 Å². The molecular weight excluding hydrogens is 332 g/mol. The summed E-state index contributed by atoms with van der Waals surface area (Å²) in [7, 11) is 0. The van der Waals surface area contributed by atoms with Gasteiger partial charge < -0.3 is 15.7 Å². The van der Waals surface area contributed by atoms with Gasteiger partial charge in [-0.3, -0.25) is 9.89 Å². The molecule has 0 fully saturated rings. The number of urea groups is 1. The van der Waals surface area contributed by atoms with E-state index in [2.05, 4.69) is 20.8 Å². The number of aryl methyl sites for hydroxylation is 1. The van der Waals surface area contributed by atoms with E-state index in [1.807, 2.05) is 36.5 Å². The fourth-order valence-corrected chi connectivity index (χ4v) is 3.37. The fraction of sp³-hybridized carbons (Fsp3) is 0.421. The number of benzene rings is 1. The predicted octanol–water partition coefficient (Wildman–Crippen LogP) is 2.04. The number of aromatic amines is 1. The van der Waals surface area contributed by atoms with E-state index in [-0.39, 0.29) is 24.5 Å². The third kappa shape index (κ3) is 5.08. The van der Waals surface area contributed by atoms with Crippen LogP contribution in [0.25, 0.3) is 0 Å². The maximum Gasteiger partial charge on any atom is 0.315 e. The molecule has 0 aliphatic heterocycles. The zero-order valence-electron chi connectivity index (χ0n) is 14.6. The summed E-state index contributed by atoms with van der Waals surface area (Å²) in [5, 5.41) is 21.9. The molecule has 2 amide bonds. The van der Waals surface area contributed by atoms with E-state index >= 15 is 0 Å². The van der Waals surface area contributed by atoms with Crippen molar-refractivity contribution in [3.8, 4) is 0 Å². The monoisotopic (exact) mass is 356 g/mol. The van der Waals surface area contributed by atoms with E-state index in [1.54, 1.807) is 0 Å². The highest BCUT2D eigenvalue weighted by atomic mass is 16.4. The van der Waals surface area contributed by atoms with Crippen molar-refractivity contribution in [1.82, 2.24) is 20.8 Å². The van der Waals surface area contributed by atoms with Crippen LogP contribution in [0.3, 0.4) is 0 Å². The number of amides is 2. The number of carboxylic acids is 1. The van der Waals surface area contributed by atoms with Gasteiger partial charge in [-0.15, -0.1) is 0 Å². The molecule has 3 rings (SSSR count). The molecule has 26 heavy (non-hydrogen) atoms. The second kappa shape index (κ2) is 8.51. The summed E-state index contributed by atoms with van der Waals surface area (Å²) in [5.41, 5.74) is 3.36. The third-order valence-corrected chi connectivity index (χ3v) is 4.72. The number of H-pyrrole nitrogens is 1. The molecule has 1 aliphatic carbocycles. The van der Waals surface area contributed by atoms with Crippen LogP contribution in [-0.2, 0) is 24.1 Å². The van der Waals surface area contributed by atoms with Gasteiger partial charge in [0.15, 0.2) is 0 Å². The lowest BCUT2D eigenvalue weighted by Crippen LogP contribution is -2.48. The van der Waals surface area contributed by atoms with Crippen molar-refractivity contribution in [3.63, 3.8) is 0 Å². The Bertz CT molecular complexity index is 744. The Morgan fingerprint density at radius 2 is 2.12 bits per heavy atom. The van der Waals surface area contributed by atoms with Gasteiger partial charge in [0.2, 0.25) is 0 Å². The number of carboxylic acid groups (broad SMARTS) is 1. The van der Waals surface area contributed by atoms with Crippen molar-refractivity contribution in [2.75, 3.05) is 0 Å². The third-order valence-electron chi connectivity index (χ3n) is 4.72. The minimum atomic E-state index is -0.857. The SMILES string of the molecule is O=C(O)CCC(Cc1ccccc1)NC(=O)NC1CCc2cn[nH]c2C1. The summed E-state index contributed by atoms with van der Waals surface area (Å²) >= 11 is 0. The summed E-state index contributed by atoms with van der Waals surface area (Å²) in [6.45, 7) is 0. The van der Waals surface area contributed by atoms with Gasteiger partial charge in [0, 0.05) is 30.6 Å². The van der Waals surface area contributed by atoms with Gasteiger partial charge in [0.25, 0.3) is 0 Å². The summed E-state index contributed by atoms with van der Waals surface area (Å²) < 4.78 is 0. The Kier molecular flexibility index (Phi) is 5.88. The van der Waals surface area contributed by atoms with Crippen molar-refractivity contribution >= 4 is 12.0 Å². The Labute approximate surface area is 152 Å². The highest BCUT2D eigenvalue weighted by Gasteiger charge is 2.22. The number of rotatable bonds is 7. The predicted molar refractivity (Wildman–Crippen MR) is 96.9 cm³/mol. The smallest absolute Gasteiger partial charge is 0.315 e. The molecule has 1 heterocycles. The first-order valence-corrected chi connectivity index (χ1v) is 8.94. The molecule has 0 spiro atoms. The van der Waals surface area contributed by atoms with E-state index in [0.29, 0.717) is 12.8 Å². The molecule has 0 saturated heterocycles. The first-order valence-electron chi connectivity index (χ1n) is 8.94. The van der Waals surface area contributed by atoms with Crippen molar-refractivity contribution < 1.29 is 14.7 Å². The van der Waals surface area contributed by atoms with Crippen LogP contribution in [0.1, 0.15) is 36.1 Å². The summed E-state index contributed by atoms with van der Waals surface area (Å²) in [6.07, 6.45) is 5.37. The van der Waals surface area contributed by atoms with Crippen molar-refractivity contribution in [1.29, 1.82) is 0 Å². The Morgan fingerprint density at radius 1 is 1.31 bits per heavy atom. The molecule has 2 unspecified atom stereocenters. The van der Waals surface area contributed by atoms with Crippen LogP contribution in [0.5, 0.6) is 0 Å². The van der Waals surface area contributed by atoms with E-state index < -0.39 is 5.97 Å². The number of nitrogens with zero attached hydrogens (tertiary/aromatic N) is 1. The van der Waals surface area contributed by atoms with Crippen molar-refractivity contribution in [3.05, 3.63) is 53.3 Å². The Morgan fingerprint density at radius 3 is 2.88 bits per heavy atom. The molecule has 2 atom stereocenters. The van der Waals surface area contributed by atoms with Crippen LogP contribution in [0.4, 0.5) is 4.79 Å². The number of hydrogen-bond donors (Lipinski definition) is 4. The summed E-state index contributed by atoms with van der Waals surface area (Å²) in [4.78, 5) is 23.3. The second-order valence-corrected chi connectivity index (χ2v) is 6.75. The summed E-state index contributed by atoms with van der Waals surface area (Å²) in [5.74, 6) is -0.857. The molecule has 4 N–H and O–H groups in total. The lowest BCUT2D eigenvalue weighted by atomic mass is 9.94. The largest absolute Gasteiger partial charge is 0.481 e. The van der Waals surface area contributed by atoms with Crippen molar-refractivity contribution in [2.45, 2.75) is 50.6 Å². The number of fused-ring (bicyclic) bond motifs is 1. The molecule has 0 bridgehead atoms. The first-order chi connectivity index (χ1) is 12.6. The number of carbonyl (C=O) groups excluding carboxylic acids is 1. The first kappa shape index (κ1) is 18.0. The number of nitrogens with one attached hydrogen (secondary N) is 3. The molecule has 1 aromatic heterocycles. The highest BCUT2D eigenvalue weighted by Crippen LogP contribution is 2.18. The lowest BCUT2D eigenvalue weighted by Gasteiger charge is -2.25. The maximum atomic E-state index is 12.4. The van der Waals surface area contributed by atoms with Gasteiger partial charge in [-0.25, -0.2) is 4.79 Å². The minimum absolute atomic E-state index is 0.0265. The molecular formula is C19H24N4O3. The van der Waals surface area contributed by atoms with E-state index in [4.69, 9.17) is 5.11 Å². The number of carbonyl (C=O) groups is 2. The molecule has 0 radical (unpaired) electrons. The zero-order chi connectivity index (χ0) is 18.4. The average molecular weight is 356 g/mol. The number of aliphatic carboxylic acids is 1. The zero-order valence-corrected chi connectivity index (χ0v) is 14.6. The van der Waals surface area contributed by atoms with Crippen LogP contribution in [-0.4, -0.2) is 39.4 Å². The van der Waals surface area contributed by atoms with E-state index in [0.717, 1.165) is 30.5 Å². The average Bonchev–Trinajstić information content (AvgIpc) is 3.08. The van der Waals surface area contributed by atoms with Gasteiger partial charge in [0.1, 0.15) is 0 Å². The molecule has 7 heteroatoms. The normalized spacial score (nSPS) is 17.2. The minimum Gasteiger partial charge on any atom is -0.481 e. The molecule has 2 aromatic rings. The van der Waals surface area contributed by atoms with Gasteiger partial charge >= 0.3 is 12.0 Å². The quantitative estimate of drug-likeness (QED) is 0.609. The Balaban J connectivity index is 1.55. The van der Waals surface area contributed by atoms with Gasteiger partial charge in [-0.05, 0) is 36.8 Å². The second-order valence-electron chi connectivity index (χ2n) is 6.75. The van der Waals surface area contributed by atoms with E-state index in [1.165, 1.54) is 5.56 Å². The standard InChI is InChI=1S/C19H24N4O3/c24-18(25)9-8-15(10-13-4-2-1-3-5-13)21-19(26)22-16-7-6-14-12-20-23-17(14)11-16/h1-5,12,15-16H,6-11H2,(H,20,23)(H,24,25)(H2,21,22,26). The van der Waals surface area contributed by atoms with Crippen LogP contribution >= 0.6 is 0 Å².